The molecule has 0 bridgehead atoms. The summed E-state index contributed by atoms with van der Waals surface area (Å²) in [4.78, 5) is 27.2. The number of nitro groups is 1. The summed E-state index contributed by atoms with van der Waals surface area (Å²) in [6.45, 7) is 1.97. The summed E-state index contributed by atoms with van der Waals surface area (Å²) in [5.74, 6) is 0.0878. The Bertz CT molecular complexity index is 1070. The number of esters is 1. The van der Waals surface area contributed by atoms with Gasteiger partial charge in [0.05, 0.1) is 29.3 Å². The van der Waals surface area contributed by atoms with Crippen LogP contribution in [-0.4, -0.2) is 45.9 Å². The molecule has 2 aromatic carbocycles. The van der Waals surface area contributed by atoms with Crippen molar-refractivity contribution in [3.05, 3.63) is 64.0 Å². The third kappa shape index (κ3) is 5.34. The highest BCUT2D eigenvalue weighted by molar-refractivity contribution is 5.96. The second-order valence-corrected chi connectivity index (χ2v) is 6.15. The van der Waals surface area contributed by atoms with Crippen molar-refractivity contribution < 1.29 is 28.8 Å². The van der Waals surface area contributed by atoms with Crippen molar-refractivity contribution in [2.75, 3.05) is 25.1 Å². The molecular formula is C20H20N4O7. The van der Waals surface area contributed by atoms with Gasteiger partial charge in [0.25, 0.3) is 11.6 Å². The zero-order chi connectivity index (χ0) is 22.2. The lowest BCUT2D eigenvalue weighted by atomic mass is 10.1. The quantitative estimate of drug-likeness (QED) is 0.280. The minimum atomic E-state index is -0.821. The van der Waals surface area contributed by atoms with Crippen LogP contribution < -0.4 is 10.1 Å². The molecule has 11 heteroatoms. The van der Waals surface area contributed by atoms with Crippen molar-refractivity contribution in [1.29, 1.82) is 0 Å². The maximum absolute atomic E-state index is 12.5. The van der Waals surface area contributed by atoms with Gasteiger partial charge in [0.15, 0.2) is 6.61 Å². The second kappa shape index (κ2) is 10.2. The van der Waals surface area contributed by atoms with Gasteiger partial charge in [0.1, 0.15) is 5.75 Å². The van der Waals surface area contributed by atoms with Gasteiger partial charge in [-0.2, -0.15) is 4.98 Å². The van der Waals surface area contributed by atoms with E-state index in [1.54, 1.807) is 18.2 Å². The van der Waals surface area contributed by atoms with Crippen LogP contribution in [0.25, 0.3) is 11.4 Å². The van der Waals surface area contributed by atoms with Gasteiger partial charge in [-0.05, 0) is 25.1 Å². The lowest BCUT2D eigenvalue weighted by Gasteiger charge is -2.10. The van der Waals surface area contributed by atoms with Crippen LogP contribution in [0.15, 0.2) is 47.0 Å². The van der Waals surface area contributed by atoms with Crippen LogP contribution in [0.1, 0.15) is 23.2 Å². The average molecular weight is 428 g/mol. The van der Waals surface area contributed by atoms with Gasteiger partial charge in [-0.15, -0.1) is 0 Å². The van der Waals surface area contributed by atoms with Gasteiger partial charge < -0.3 is 24.4 Å². The van der Waals surface area contributed by atoms with Gasteiger partial charge in [-0.1, -0.05) is 17.3 Å². The van der Waals surface area contributed by atoms with Gasteiger partial charge in [-0.25, -0.2) is 4.79 Å². The molecule has 2 N–H and O–H groups in total. The topological polar surface area (TPSA) is 150 Å². The molecule has 0 saturated carbocycles. The Morgan fingerprint density at radius 2 is 2.10 bits per heavy atom. The SMILES string of the molecule is CCOc1ccccc1-c1noc(COC(=O)c2cc([N+](=O)[O-])ccc2NCCO)n1. The molecule has 3 aromatic rings. The van der Waals surface area contributed by atoms with Crippen molar-refractivity contribution in [2.24, 2.45) is 0 Å². The molecule has 1 aromatic heterocycles. The number of rotatable bonds is 10. The molecule has 1 heterocycles. The molecule has 0 unspecified atom stereocenters. The van der Waals surface area contributed by atoms with E-state index in [2.05, 4.69) is 15.5 Å². The van der Waals surface area contributed by atoms with Gasteiger partial charge in [0, 0.05) is 24.4 Å². The number of aliphatic hydroxyl groups is 1. The first-order chi connectivity index (χ1) is 15.0. The zero-order valence-electron chi connectivity index (χ0n) is 16.6. The van der Waals surface area contributed by atoms with Crippen LogP contribution >= 0.6 is 0 Å². The van der Waals surface area contributed by atoms with Crippen molar-refractivity contribution >= 4 is 17.3 Å². The highest BCUT2D eigenvalue weighted by atomic mass is 16.6. The maximum atomic E-state index is 12.5. The summed E-state index contributed by atoms with van der Waals surface area (Å²) in [7, 11) is 0. The number of hydrogen-bond acceptors (Lipinski definition) is 10. The van der Waals surface area contributed by atoms with E-state index < -0.39 is 10.9 Å². The molecule has 162 valence electrons. The number of nitro benzene ring substituents is 1. The monoisotopic (exact) mass is 428 g/mol. The largest absolute Gasteiger partial charge is 0.493 e. The molecule has 11 nitrogen and oxygen atoms in total. The fourth-order valence-electron chi connectivity index (χ4n) is 2.72. The number of aromatic nitrogens is 2. The van der Waals surface area contributed by atoms with E-state index in [9.17, 15) is 14.9 Å². The third-order valence-corrected chi connectivity index (χ3v) is 4.08. The van der Waals surface area contributed by atoms with Gasteiger partial charge >= 0.3 is 5.97 Å². The maximum Gasteiger partial charge on any atom is 0.341 e. The van der Waals surface area contributed by atoms with E-state index in [1.165, 1.54) is 12.1 Å². The lowest BCUT2D eigenvalue weighted by Crippen LogP contribution is -2.13. The molecule has 0 spiro atoms. The number of benzene rings is 2. The molecule has 0 amide bonds. The minimum absolute atomic E-state index is 0.0462. The van der Waals surface area contributed by atoms with E-state index in [0.29, 0.717) is 23.6 Å². The number of non-ortho nitro benzene ring substituents is 1. The molecule has 31 heavy (non-hydrogen) atoms. The molecule has 0 aliphatic carbocycles. The fraction of sp³-hybridized carbons (Fsp3) is 0.250. The number of aliphatic hydroxyl groups excluding tert-OH is 1. The molecule has 0 aliphatic heterocycles. The number of anilines is 1. The zero-order valence-corrected chi connectivity index (χ0v) is 16.6. The number of nitrogens with one attached hydrogen (secondary N) is 1. The normalized spacial score (nSPS) is 10.5. The van der Waals surface area contributed by atoms with Crippen molar-refractivity contribution in [2.45, 2.75) is 13.5 Å². The van der Waals surface area contributed by atoms with Crippen molar-refractivity contribution in [3.63, 3.8) is 0 Å². The summed E-state index contributed by atoms with van der Waals surface area (Å²) >= 11 is 0. The van der Waals surface area contributed by atoms with Crippen LogP contribution in [-0.2, 0) is 11.3 Å². The Morgan fingerprint density at radius 3 is 2.84 bits per heavy atom. The van der Waals surface area contributed by atoms with E-state index in [1.807, 2.05) is 13.0 Å². The number of carbonyl (C=O) groups is 1. The summed E-state index contributed by atoms with van der Waals surface area (Å²) < 4.78 is 15.9. The van der Waals surface area contributed by atoms with Crippen molar-refractivity contribution in [3.8, 4) is 17.1 Å². The predicted molar refractivity (Wildman–Crippen MR) is 109 cm³/mol. The lowest BCUT2D eigenvalue weighted by molar-refractivity contribution is -0.384. The molecule has 0 atom stereocenters. The standard InChI is InChI=1S/C20H20N4O7/c1-2-29-17-6-4-3-5-14(17)19-22-18(31-23-19)12-30-20(26)15-11-13(24(27)28)7-8-16(15)21-9-10-25/h3-8,11,21,25H,2,9-10,12H2,1H3. The van der Waals surface area contributed by atoms with Gasteiger partial charge in [0.2, 0.25) is 5.82 Å². The molecule has 0 aliphatic rings. The second-order valence-electron chi connectivity index (χ2n) is 6.15. The first-order valence-electron chi connectivity index (χ1n) is 9.38. The van der Waals surface area contributed by atoms with E-state index in [4.69, 9.17) is 19.1 Å². The number of para-hydroxylation sites is 1. The first-order valence-corrected chi connectivity index (χ1v) is 9.38. The van der Waals surface area contributed by atoms with E-state index in [0.717, 1.165) is 6.07 Å². The van der Waals surface area contributed by atoms with Crippen LogP contribution in [0.2, 0.25) is 0 Å². The van der Waals surface area contributed by atoms with Crippen molar-refractivity contribution in [1.82, 2.24) is 10.1 Å². The average Bonchev–Trinajstić information content (AvgIpc) is 3.25. The van der Waals surface area contributed by atoms with Crippen LogP contribution in [0.3, 0.4) is 0 Å². The highest BCUT2D eigenvalue weighted by Gasteiger charge is 2.20. The van der Waals surface area contributed by atoms with E-state index >= 15 is 0 Å². The summed E-state index contributed by atoms with van der Waals surface area (Å²) in [5, 5.41) is 26.7. The predicted octanol–water partition coefficient (Wildman–Crippen LogP) is 2.80. The Kier molecular flexibility index (Phi) is 7.12. The van der Waals surface area contributed by atoms with Crippen LogP contribution in [0.4, 0.5) is 11.4 Å². The minimum Gasteiger partial charge on any atom is -0.493 e. The number of nitrogens with zero attached hydrogens (tertiary/aromatic N) is 3. The Hall–Kier alpha value is -3.99. The summed E-state index contributed by atoms with van der Waals surface area (Å²) in [5.41, 5.74) is 0.597. The molecule has 0 radical (unpaired) electrons. The third-order valence-electron chi connectivity index (χ3n) is 4.08. The highest BCUT2D eigenvalue weighted by Crippen LogP contribution is 2.28. The molecule has 3 rings (SSSR count). The summed E-state index contributed by atoms with van der Waals surface area (Å²) in [6.07, 6.45) is 0. The molecule has 0 fully saturated rings. The number of ether oxygens (including phenoxy) is 2. The number of hydrogen-bond donors (Lipinski definition) is 2. The van der Waals surface area contributed by atoms with E-state index in [-0.39, 0.29) is 42.7 Å². The Labute approximate surface area is 176 Å². The number of carbonyl (C=O) groups excluding carboxylic acids is 1. The van der Waals surface area contributed by atoms with Gasteiger partial charge in [-0.3, -0.25) is 10.1 Å². The van der Waals surface area contributed by atoms with Crippen LogP contribution in [0.5, 0.6) is 5.75 Å². The van der Waals surface area contributed by atoms with Crippen LogP contribution in [0, 0.1) is 10.1 Å². The smallest absolute Gasteiger partial charge is 0.341 e. The molecule has 0 saturated heterocycles. The Balaban J connectivity index is 1.75. The fourth-order valence-corrected chi connectivity index (χ4v) is 2.72. The first kappa shape index (κ1) is 21.7. The molecular weight excluding hydrogens is 408 g/mol. The summed E-state index contributed by atoms with van der Waals surface area (Å²) in [6, 6.07) is 10.9. The Morgan fingerprint density at radius 1 is 1.29 bits per heavy atom.